The normalized spacial score (nSPS) is 19.9. The first-order chi connectivity index (χ1) is 16.3. The van der Waals surface area contributed by atoms with Crippen LogP contribution < -0.4 is 10.6 Å². The Hall–Kier alpha value is -3.39. The molecule has 0 aliphatic heterocycles. The van der Waals surface area contributed by atoms with Gasteiger partial charge >= 0.3 is 12.1 Å². The van der Waals surface area contributed by atoms with E-state index in [4.69, 9.17) is 4.74 Å². The van der Waals surface area contributed by atoms with Crippen LogP contribution in [0.5, 0.6) is 0 Å². The number of hydrogen-bond acceptors (Lipinski definition) is 5. The lowest BCUT2D eigenvalue weighted by molar-refractivity contribution is -0.143. The topological polar surface area (TPSA) is 108 Å². The largest absolute Gasteiger partial charge is 0.480 e. The summed E-state index contributed by atoms with van der Waals surface area (Å²) in [6, 6.07) is 14.9. The van der Waals surface area contributed by atoms with Crippen LogP contribution in [0.3, 0.4) is 0 Å². The molecule has 3 atom stereocenters. The minimum atomic E-state index is -1.08. The van der Waals surface area contributed by atoms with Crippen molar-refractivity contribution in [1.29, 1.82) is 0 Å². The summed E-state index contributed by atoms with van der Waals surface area (Å²) in [6.07, 6.45) is 1.45. The maximum atomic E-state index is 12.8. The smallest absolute Gasteiger partial charge is 0.407 e. The molecule has 2 aromatic rings. The molecule has 2 amide bonds. The number of carbonyl (C=O) groups excluding carboxylic acids is 2. The van der Waals surface area contributed by atoms with Crippen LogP contribution in [-0.2, 0) is 14.3 Å². The molecule has 34 heavy (non-hydrogen) atoms. The number of nitrogens with zero attached hydrogens (tertiary/aromatic N) is 1. The molecular weight excluding hydrogens is 434 g/mol. The molecule has 0 spiro atoms. The second-order valence-electron chi connectivity index (χ2n) is 9.28. The van der Waals surface area contributed by atoms with Crippen molar-refractivity contribution >= 4 is 18.0 Å². The number of likely N-dealkylation sites (N-methyl/N-ethyl adjacent to an activating group) is 1. The summed E-state index contributed by atoms with van der Waals surface area (Å²) in [6.45, 7) is 0.394. The Morgan fingerprint density at radius 3 is 2.24 bits per heavy atom. The van der Waals surface area contributed by atoms with Crippen molar-refractivity contribution in [2.24, 2.45) is 5.92 Å². The van der Waals surface area contributed by atoms with E-state index in [1.54, 1.807) is 19.0 Å². The van der Waals surface area contributed by atoms with Crippen molar-refractivity contribution in [3.63, 3.8) is 0 Å². The molecule has 2 unspecified atom stereocenters. The van der Waals surface area contributed by atoms with Gasteiger partial charge in [-0.15, -0.1) is 0 Å². The molecule has 0 heterocycles. The van der Waals surface area contributed by atoms with E-state index in [9.17, 15) is 19.5 Å². The van der Waals surface area contributed by atoms with Crippen molar-refractivity contribution in [1.82, 2.24) is 15.5 Å². The Morgan fingerprint density at radius 1 is 1.03 bits per heavy atom. The standard InChI is InChI=1S/C26H31N3O5/c1-29(2)14-23(25(31)32)27-24(30)20-12-7-13-22(20)28-26(33)34-15-21-18-10-5-3-8-16(18)17-9-4-6-11-19(17)21/h3-6,8-11,20-23H,7,12-15H2,1-2H3,(H,27,30)(H,28,33)(H,31,32)/t20?,22?,23-/m0/s1. The summed E-state index contributed by atoms with van der Waals surface area (Å²) in [7, 11) is 3.50. The van der Waals surface area contributed by atoms with Crippen molar-refractivity contribution in [2.45, 2.75) is 37.3 Å². The van der Waals surface area contributed by atoms with E-state index in [0.717, 1.165) is 28.7 Å². The number of amides is 2. The van der Waals surface area contributed by atoms with Gasteiger partial charge in [-0.3, -0.25) is 4.79 Å². The molecule has 0 aromatic heterocycles. The van der Waals surface area contributed by atoms with Gasteiger partial charge in [0.2, 0.25) is 5.91 Å². The highest BCUT2D eigenvalue weighted by Crippen LogP contribution is 2.44. The molecular formula is C26H31N3O5. The highest BCUT2D eigenvalue weighted by molar-refractivity contribution is 5.86. The van der Waals surface area contributed by atoms with Crippen molar-refractivity contribution in [2.75, 3.05) is 27.2 Å². The minimum absolute atomic E-state index is 0.0387. The first kappa shape index (κ1) is 23.8. The van der Waals surface area contributed by atoms with E-state index in [1.807, 2.05) is 24.3 Å². The van der Waals surface area contributed by atoms with Gasteiger partial charge in [0.05, 0.1) is 5.92 Å². The third kappa shape index (κ3) is 5.07. The van der Waals surface area contributed by atoms with Crippen molar-refractivity contribution in [3.05, 3.63) is 59.7 Å². The Morgan fingerprint density at radius 2 is 1.65 bits per heavy atom. The lowest BCUT2D eigenvalue weighted by Gasteiger charge is -2.24. The van der Waals surface area contributed by atoms with Crippen LogP contribution in [0.25, 0.3) is 11.1 Å². The third-order valence-electron chi connectivity index (χ3n) is 6.66. The Kier molecular flexibility index (Phi) is 7.17. The van der Waals surface area contributed by atoms with Gasteiger partial charge in [-0.2, -0.15) is 0 Å². The fourth-order valence-corrected chi connectivity index (χ4v) is 5.07. The van der Waals surface area contributed by atoms with Gasteiger partial charge in [-0.1, -0.05) is 55.0 Å². The lowest BCUT2D eigenvalue weighted by Crippen LogP contribution is -2.51. The van der Waals surface area contributed by atoms with E-state index in [2.05, 4.69) is 34.9 Å². The predicted molar refractivity (Wildman–Crippen MR) is 127 cm³/mol. The molecule has 1 fully saturated rings. The first-order valence-electron chi connectivity index (χ1n) is 11.6. The van der Waals surface area contributed by atoms with E-state index in [-0.39, 0.29) is 31.0 Å². The molecule has 1 saturated carbocycles. The van der Waals surface area contributed by atoms with E-state index in [0.29, 0.717) is 12.8 Å². The van der Waals surface area contributed by atoms with Crippen molar-refractivity contribution in [3.8, 4) is 11.1 Å². The Labute approximate surface area is 199 Å². The van der Waals surface area contributed by atoms with Gasteiger partial charge in [0.25, 0.3) is 0 Å². The maximum absolute atomic E-state index is 12.8. The summed E-state index contributed by atoms with van der Waals surface area (Å²) >= 11 is 0. The molecule has 8 heteroatoms. The maximum Gasteiger partial charge on any atom is 0.407 e. The number of fused-ring (bicyclic) bond motifs is 3. The SMILES string of the molecule is CN(C)C[C@H](NC(=O)C1CCCC1NC(=O)OCC1c2ccccc2-c2ccccc21)C(=O)O. The zero-order valence-corrected chi connectivity index (χ0v) is 19.5. The van der Waals surface area contributed by atoms with Crippen LogP contribution in [0.1, 0.15) is 36.3 Å². The molecule has 3 N–H and O–H groups in total. The van der Waals surface area contributed by atoms with Crippen LogP contribution in [0.4, 0.5) is 4.79 Å². The van der Waals surface area contributed by atoms with Gasteiger partial charge in [-0.05, 0) is 49.2 Å². The molecule has 0 bridgehead atoms. The third-order valence-corrected chi connectivity index (χ3v) is 6.66. The molecule has 8 nitrogen and oxygen atoms in total. The zero-order chi connectivity index (χ0) is 24.2. The van der Waals surface area contributed by atoms with Crippen LogP contribution >= 0.6 is 0 Å². The molecule has 2 aromatic carbocycles. The fraction of sp³-hybridized carbons (Fsp3) is 0.423. The molecule has 0 radical (unpaired) electrons. The molecule has 0 saturated heterocycles. The number of alkyl carbamates (subject to hydrolysis) is 1. The summed E-state index contributed by atoms with van der Waals surface area (Å²) in [5.74, 6) is -1.95. The number of benzene rings is 2. The van der Waals surface area contributed by atoms with Gasteiger partial charge < -0.3 is 25.4 Å². The van der Waals surface area contributed by atoms with Gasteiger partial charge in [0, 0.05) is 18.5 Å². The van der Waals surface area contributed by atoms with Crippen LogP contribution in [0.2, 0.25) is 0 Å². The van der Waals surface area contributed by atoms with Crippen molar-refractivity contribution < 1.29 is 24.2 Å². The fourth-order valence-electron chi connectivity index (χ4n) is 5.07. The molecule has 180 valence electrons. The number of aliphatic carboxylic acids is 1. The number of nitrogens with one attached hydrogen (secondary N) is 2. The van der Waals surface area contributed by atoms with E-state index < -0.39 is 24.0 Å². The Balaban J connectivity index is 1.36. The van der Waals surface area contributed by atoms with E-state index in [1.165, 1.54) is 0 Å². The van der Waals surface area contributed by atoms with Gasteiger partial charge in [0.1, 0.15) is 12.6 Å². The van der Waals surface area contributed by atoms with Crippen LogP contribution in [-0.4, -0.2) is 67.3 Å². The monoisotopic (exact) mass is 465 g/mol. The summed E-state index contributed by atoms with van der Waals surface area (Å²) in [5.41, 5.74) is 4.58. The Bertz CT molecular complexity index is 1020. The van der Waals surface area contributed by atoms with Crippen LogP contribution in [0, 0.1) is 5.92 Å². The summed E-state index contributed by atoms with van der Waals surface area (Å²) in [5, 5.41) is 14.9. The quantitative estimate of drug-likeness (QED) is 0.553. The predicted octanol–water partition coefficient (Wildman–Crippen LogP) is 2.82. The minimum Gasteiger partial charge on any atom is -0.480 e. The molecule has 2 aliphatic carbocycles. The second kappa shape index (κ2) is 10.3. The number of hydrogen-bond donors (Lipinski definition) is 3. The summed E-state index contributed by atoms with van der Waals surface area (Å²) in [4.78, 5) is 38.7. The number of carboxylic acids is 1. The zero-order valence-electron chi connectivity index (χ0n) is 19.5. The number of rotatable bonds is 8. The molecule has 4 rings (SSSR count). The number of ether oxygens (including phenoxy) is 1. The molecule has 2 aliphatic rings. The number of carbonyl (C=O) groups is 3. The average Bonchev–Trinajstić information content (AvgIpc) is 3.39. The average molecular weight is 466 g/mol. The number of carboxylic acid groups (broad SMARTS) is 1. The second-order valence-corrected chi connectivity index (χ2v) is 9.28. The highest BCUT2D eigenvalue weighted by Gasteiger charge is 2.36. The van der Waals surface area contributed by atoms with E-state index >= 15 is 0 Å². The lowest BCUT2D eigenvalue weighted by atomic mass is 9.98. The van der Waals surface area contributed by atoms with Crippen LogP contribution in [0.15, 0.2) is 48.5 Å². The highest BCUT2D eigenvalue weighted by atomic mass is 16.5. The summed E-state index contributed by atoms with van der Waals surface area (Å²) < 4.78 is 5.62. The van der Waals surface area contributed by atoms with Gasteiger partial charge in [-0.25, -0.2) is 9.59 Å². The van der Waals surface area contributed by atoms with Gasteiger partial charge in [0.15, 0.2) is 0 Å². The first-order valence-corrected chi connectivity index (χ1v) is 11.6.